The Morgan fingerprint density at radius 3 is 2.93 bits per heavy atom. The maximum Gasteiger partial charge on any atom is 0.116 e. The Balaban J connectivity index is 2.31. The molecule has 1 atom stereocenters. The molecule has 1 unspecified atom stereocenters. The second-order valence-corrected chi connectivity index (χ2v) is 3.84. The van der Waals surface area contributed by atoms with E-state index in [1.807, 2.05) is 25.7 Å². The number of rotatable bonds is 3. The highest BCUT2D eigenvalue weighted by Gasteiger charge is 2.17. The molecule has 0 saturated heterocycles. The lowest BCUT2D eigenvalue weighted by atomic mass is 10.2. The van der Waals surface area contributed by atoms with Crippen molar-refractivity contribution in [1.82, 2.24) is 25.3 Å². The van der Waals surface area contributed by atoms with Crippen molar-refractivity contribution in [1.29, 1.82) is 0 Å². The van der Waals surface area contributed by atoms with Crippen LogP contribution >= 0.6 is 11.3 Å². The molecule has 0 amide bonds. The first-order valence-corrected chi connectivity index (χ1v) is 5.12. The SMILES string of the molecule is CNC(c1cn(C)nn1)c1nccs1. The first kappa shape index (κ1) is 9.29. The lowest BCUT2D eigenvalue weighted by Crippen LogP contribution is -2.17. The van der Waals surface area contributed by atoms with Crippen LogP contribution in [0.2, 0.25) is 0 Å². The van der Waals surface area contributed by atoms with Crippen molar-refractivity contribution in [3.63, 3.8) is 0 Å². The van der Waals surface area contributed by atoms with Gasteiger partial charge in [0.05, 0.1) is 6.20 Å². The van der Waals surface area contributed by atoms with E-state index < -0.39 is 0 Å². The fourth-order valence-corrected chi connectivity index (χ4v) is 2.03. The number of hydrogen-bond donors (Lipinski definition) is 1. The van der Waals surface area contributed by atoms with Crippen molar-refractivity contribution in [2.75, 3.05) is 7.05 Å². The number of hydrogen-bond acceptors (Lipinski definition) is 5. The molecule has 0 saturated carbocycles. The second-order valence-electron chi connectivity index (χ2n) is 2.91. The molecule has 2 rings (SSSR count). The van der Waals surface area contributed by atoms with Gasteiger partial charge >= 0.3 is 0 Å². The minimum Gasteiger partial charge on any atom is -0.306 e. The highest BCUT2D eigenvalue weighted by atomic mass is 32.1. The first-order chi connectivity index (χ1) is 6.81. The van der Waals surface area contributed by atoms with Crippen LogP contribution in [-0.4, -0.2) is 27.0 Å². The summed E-state index contributed by atoms with van der Waals surface area (Å²) in [6, 6.07) is 0.0451. The molecule has 0 aliphatic carbocycles. The van der Waals surface area contributed by atoms with Gasteiger partial charge in [0.2, 0.25) is 0 Å². The molecule has 0 aliphatic heterocycles. The molecule has 0 aromatic carbocycles. The Morgan fingerprint density at radius 1 is 1.57 bits per heavy atom. The normalized spacial score (nSPS) is 13.0. The van der Waals surface area contributed by atoms with Crippen molar-refractivity contribution in [2.24, 2.45) is 7.05 Å². The summed E-state index contributed by atoms with van der Waals surface area (Å²) in [6.07, 6.45) is 3.68. The van der Waals surface area contributed by atoms with Crippen LogP contribution in [0, 0.1) is 0 Å². The van der Waals surface area contributed by atoms with E-state index in [-0.39, 0.29) is 6.04 Å². The Labute approximate surface area is 85.8 Å². The Morgan fingerprint density at radius 2 is 2.43 bits per heavy atom. The number of aryl methyl sites for hydroxylation is 1. The number of nitrogens with one attached hydrogen (secondary N) is 1. The number of nitrogens with zero attached hydrogens (tertiary/aromatic N) is 4. The molecule has 74 valence electrons. The van der Waals surface area contributed by atoms with Crippen LogP contribution in [0.25, 0.3) is 0 Å². The smallest absolute Gasteiger partial charge is 0.116 e. The van der Waals surface area contributed by atoms with Gasteiger partial charge < -0.3 is 5.32 Å². The molecule has 6 heteroatoms. The summed E-state index contributed by atoms with van der Waals surface area (Å²) in [5, 5.41) is 14.1. The summed E-state index contributed by atoms with van der Waals surface area (Å²) < 4.78 is 1.69. The topological polar surface area (TPSA) is 55.6 Å². The minimum absolute atomic E-state index is 0.0451. The highest BCUT2D eigenvalue weighted by molar-refractivity contribution is 7.09. The summed E-state index contributed by atoms with van der Waals surface area (Å²) in [5.41, 5.74) is 0.893. The summed E-state index contributed by atoms with van der Waals surface area (Å²) in [6.45, 7) is 0. The van der Waals surface area contributed by atoms with Crippen LogP contribution in [0.1, 0.15) is 16.7 Å². The van der Waals surface area contributed by atoms with Gasteiger partial charge in [0.1, 0.15) is 16.7 Å². The predicted octanol–water partition coefficient (Wildman–Crippen LogP) is 0.580. The molecule has 2 heterocycles. The van der Waals surface area contributed by atoms with Gasteiger partial charge in [-0.05, 0) is 7.05 Å². The van der Waals surface area contributed by atoms with Crippen LogP contribution in [0.4, 0.5) is 0 Å². The fourth-order valence-electron chi connectivity index (χ4n) is 1.27. The standard InChI is InChI=1S/C8H11N5S/c1-9-7(8-10-3-4-14-8)6-5-13(2)12-11-6/h3-5,7,9H,1-2H3. The maximum absolute atomic E-state index is 4.25. The molecular formula is C8H11N5S. The molecule has 0 spiro atoms. The van der Waals surface area contributed by atoms with Crippen molar-refractivity contribution < 1.29 is 0 Å². The van der Waals surface area contributed by atoms with Crippen LogP contribution < -0.4 is 5.32 Å². The highest BCUT2D eigenvalue weighted by Crippen LogP contribution is 2.20. The molecule has 0 radical (unpaired) electrons. The Hall–Kier alpha value is -1.27. The molecular weight excluding hydrogens is 198 g/mol. The van der Waals surface area contributed by atoms with Crippen molar-refractivity contribution in [3.8, 4) is 0 Å². The van der Waals surface area contributed by atoms with E-state index in [1.165, 1.54) is 0 Å². The lowest BCUT2D eigenvalue weighted by molar-refractivity contribution is 0.660. The van der Waals surface area contributed by atoms with Crippen LogP contribution in [0.15, 0.2) is 17.8 Å². The molecule has 14 heavy (non-hydrogen) atoms. The average Bonchev–Trinajstić information content (AvgIpc) is 2.79. The number of thiazole rings is 1. The minimum atomic E-state index is 0.0451. The quantitative estimate of drug-likeness (QED) is 0.803. The van der Waals surface area contributed by atoms with Gasteiger partial charge in [0, 0.05) is 18.6 Å². The zero-order valence-electron chi connectivity index (χ0n) is 8.01. The van der Waals surface area contributed by atoms with Gasteiger partial charge in [-0.15, -0.1) is 16.4 Å². The van der Waals surface area contributed by atoms with Gasteiger partial charge in [0.25, 0.3) is 0 Å². The summed E-state index contributed by atoms with van der Waals surface area (Å²) in [5.74, 6) is 0. The van der Waals surface area contributed by atoms with Gasteiger partial charge in [-0.3, -0.25) is 4.68 Å². The van der Waals surface area contributed by atoms with E-state index in [0.717, 1.165) is 10.7 Å². The second kappa shape index (κ2) is 3.85. The summed E-state index contributed by atoms with van der Waals surface area (Å²) in [7, 11) is 3.74. The third kappa shape index (κ3) is 1.66. The fraction of sp³-hybridized carbons (Fsp3) is 0.375. The molecule has 1 N–H and O–H groups in total. The van der Waals surface area contributed by atoms with Crippen LogP contribution in [0.3, 0.4) is 0 Å². The molecule has 0 fully saturated rings. The summed E-state index contributed by atoms with van der Waals surface area (Å²) in [4.78, 5) is 4.25. The van der Waals surface area contributed by atoms with E-state index in [0.29, 0.717) is 0 Å². The molecule has 5 nitrogen and oxygen atoms in total. The molecule has 0 aliphatic rings. The number of aromatic nitrogens is 4. The van der Waals surface area contributed by atoms with Crippen LogP contribution in [-0.2, 0) is 7.05 Å². The molecule has 2 aromatic heterocycles. The van der Waals surface area contributed by atoms with Crippen molar-refractivity contribution in [2.45, 2.75) is 6.04 Å². The summed E-state index contributed by atoms with van der Waals surface area (Å²) >= 11 is 1.61. The zero-order valence-corrected chi connectivity index (χ0v) is 8.82. The van der Waals surface area contributed by atoms with Gasteiger partial charge in [-0.1, -0.05) is 5.21 Å². The molecule has 2 aromatic rings. The van der Waals surface area contributed by atoms with E-state index in [1.54, 1.807) is 22.2 Å². The Kier molecular flexibility index (Phi) is 2.55. The Bertz CT molecular complexity index is 394. The van der Waals surface area contributed by atoms with Crippen LogP contribution in [0.5, 0.6) is 0 Å². The van der Waals surface area contributed by atoms with E-state index in [2.05, 4.69) is 20.6 Å². The predicted molar refractivity (Wildman–Crippen MR) is 54.0 cm³/mol. The van der Waals surface area contributed by atoms with Gasteiger partial charge in [0.15, 0.2) is 0 Å². The first-order valence-electron chi connectivity index (χ1n) is 4.24. The van der Waals surface area contributed by atoms with Crippen molar-refractivity contribution >= 4 is 11.3 Å². The van der Waals surface area contributed by atoms with E-state index in [4.69, 9.17) is 0 Å². The monoisotopic (exact) mass is 209 g/mol. The van der Waals surface area contributed by atoms with Gasteiger partial charge in [-0.2, -0.15) is 0 Å². The van der Waals surface area contributed by atoms with Gasteiger partial charge in [-0.25, -0.2) is 4.98 Å². The maximum atomic E-state index is 4.25. The van der Waals surface area contributed by atoms with E-state index in [9.17, 15) is 0 Å². The lowest BCUT2D eigenvalue weighted by Gasteiger charge is -2.08. The third-order valence-electron chi connectivity index (χ3n) is 1.90. The molecule has 0 bridgehead atoms. The largest absolute Gasteiger partial charge is 0.306 e. The van der Waals surface area contributed by atoms with Crippen molar-refractivity contribution in [3.05, 3.63) is 28.5 Å². The third-order valence-corrected chi connectivity index (χ3v) is 2.74. The average molecular weight is 209 g/mol. The zero-order chi connectivity index (χ0) is 9.97. The van der Waals surface area contributed by atoms with E-state index >= 15 is 0 Å².